The maximum atomic E-state index is 15.2. The molecule has 3 unspecified atom stereocenters. The Balaban J connectivity index is 1.44. The Morgan fingerprint density at radius 3 is 2.47 bits per heavy atom. The Kier molecular flexibility index (Phi) is 10.1. The largest absolute Gasteiger partial charge is 0.494 e. The molecule has 0 aliphatic carbocycles. The molecule has 6 rings (SSSR count). The van der Waals surface area contributed by atoms with Gasteiger partial charge in [-0.15, -0.1) is 18.3 Å². The third kappa shape index (κ3) is 6.01. The van der Waals surface area contributed by atoms with Crippen molar-refractivity contribution in [3.63, 3.8) is 0 Å². The van der Waals surface area contributed by atoms with Gasteiger partial charge in [0.1, 0.15) is 29.6 Å². The van der Waals surface area contributed by atoms with Gasteiger partial charge in [-0.3, -0.25) is 14.4 Å². The van der Waals surface area contributed by atoms with Crippen LogP contribution in [0.5, 0.6) is 5.75 Å². The molecule has 3 aliphatic rings. The Morgan fingerprint density at radius 2 is 1.82 bits per heavy atom. The normalized spacial score (nSPS) is 27.1. The lowest BCUT2D eigenvalue weighted by Gasteiger charge is -2.39. The molecule has 3 saturated heterocycles. The summed E-state index contributed by atoms with van der Waals surface area (Å²) in [5.74, 6) is -2.20. The number of aromatic nitrogens is 3. The van der Waals surface area contributed by atoms with Crippen LogP contribution in [0.4, 0.5) is 5.69 Å². The first kappa shape index (κ1) is 36.2. The molecular formula is C39H50N6O6. The average molecular weight is 699 g/mol. The minimum atomic E-state index is -1.31. The number of amides is 3. The fourth-order valence-electron chi connectivity index (χ4n) is 8.78. The summed E-state index contributed by atoms with van der Waals surface area (Å²) < 4.78 is 14.3. The van der Waals surface area contributed by atoms with Crippen LogP contribution in [-0.4, -0.2) is 97.2 Å². The first-order valence-electron chi connectivity index (χ1n) is 17.9. The highest BCUT2D eigenvalue weighted by atomic mass is 16.5. The van der Waals surface area contributed by atoms with Gasteiger partial charge in [-0.05, 0) is 74.9 Å². The van der Waals surface area contributed by atoms with Crippen molar-refractivity contribution in [1.29, 1.82) is 0 Å². The van der Waals surface area contributed by atoms with Crippen LogP contribution in [0.1, 0.15) is 47.5 Å². The highest BCUT2D eigenvalue weighted by molar-refractivity contribution is 6.03. The van der Waals surface area contributed by atoms with Crippen molar-refractivity contribution in [3.8, 4) is 5.75 Å². The second-order valence-electron chi connectivity index (χ2n) is 14.6. The van der Waals surface area contributed by atoms with Crippen molar-refractivity contribution in [2.45, 2.75) is 77.4 Å². The Bertz CT molecular complexity index is 1790. The number of rotatable bonds is 15. The summed E-state index contributed by atoms with van der Waals surface area (Å²) in [6.45, 7) is 18.3. The lowest BCUT2D eigenvalue weighted by atomic mass is 9.62. The van der Waals surface area contributed by atoms with E-state index in [2.05, 4.69) is 23.5 Å². The van der Waals surface area contributed by atoms with E-state index in [0.717, 1.165) is 5.52 Å². The molecule has 1 N–H and O–H groups in total. The number of ether oxygens (including phenoxy) is 2. The number of aliphatic hydroxyl groups is 1. The third-order valence-corrected chi connectivity index (χ3v) is 11.0. The predicted octanol–water partition coefficient (Wildman–Crippen LogP) is 4.44. The van der Waals surface area contributed by atoms with Crippen molar-refractivity contribution in [3.05, 3.63) is 73.8 Å². The molecule has 0 radical (unpaired) electrons. The molecular weight excluding hydrogens is 648 g/mol. The average Bonchev–Trinajstić information content (AvgIpc) is 3.79. The van der Waals surface area contributed by atoms with E-state index in [9.17, 15) is 9.90 Å². The highest BCUT2D eigenvalue weighted by Gasteiger charge is 2.80. The van der Waals surface area contributed by atoms with Gasteiger partial charge in [-0.1, -0.05) is 50.3 Å². The lowest BCUT2D eigenvalue weighted by molar-refractivity contribution is -0.157. The van der Waals surface area contributed by atoms with Crippen molar-refractivity contribution < 1.29 is 29.0 Å². The second-order valence-corrected chi connectivity index (χ2v) is 14.6. The van der Waals surface area contributed by atoms with Crippen LogP contribution >= 0.6 is 0 Å². The number of nitrogens with zero attached hydrogens (tertiary/aromatic N) is 6. The quantitative estimate of drug-likeness (QED) is 0.231. The number of hydrogen-bond donors (Lipinski definition) is 1. The van der Waals surface area contributed by atoms with E-state index in [4.69, 9.17) is 9.47 Å². The Morgan fingerprint density at radius 1 is 1.12 bits per heavy atom. The summed E-state index contributed by atoms with van der Waals surface area (Å²) in [6.07, 6.45) is 4.15. The number of benzene rings is 2. The summed E-state index contributed by atoms with van der Waals surface area (Å²) >= 11 is 0. The van der Waals surface area contributed by atoms with Crippen LogP contribution in [-0.2, 0) is 25.8 Å². The zero-order chi connectivity index (χ0) is 36.7. The first-order valence-corrected chi connectivity index (χ1v) is 17.9. The number of aliphatic hydroxyl groups excluding tert-OH is 1. The number of carbonyl (C=O) groups is 3. The Labute approximate surface area is 299 Å². The number of hydrogen-bond acceptors (Lipinski definition) is 8. The van der Waals surface area contributed by atoms with Crippen LogP contribution in [0.2, 0.25) is 0 Å². The topological polar surface area (TPSA) is 130 Å². The molecule has 12 nitrogen and oxygen atoms in total. The van der Waals surface area contributed by atoms with Crippen LogP contribution in [0.3, 0.4) is 0 Å². The summed E-state index contributed by atoms with van der Waals surface area (Å²) in [6, 6.07) is 13.0. The number of para-hydroxylation sites is 1. The fraction of sp³-hybridized carbons (Fsp3) is 0.513. The lowest BCUT2D eigenvalue weighted by Crippen LogP contribution is -2.59. The molecule has 272 valence electrons. The fourth-order valence-corrected chi connectivity index (χ4v) is 8.78. The molecule has 3 fully saturated rings. The van der Waals surface area contributed by atoms with Gasteiger partial charge in [0.05, 0.1) is 42.2 Å². The van der Waals surface area contributed by atoms with Gasteiger partial charge in [0.2, 0.25) is 17.7 Å². The van der Waals surface area contributed by atoms with Crippen LogP contribution in [0.25, 0.3) is 11.0 Å². The van der Waals surface area contributed by atoms with E-state index in [1.54, 1.807) is 31.5 Å². The number of likely N-dealkylation sites (tertiary alicyclic amines) is 1. The van der Waals surface area contributed by atoms with Gasteiger partial charge in [0, 0.05) is 18.8 Å². The summed E-state index contributed by atoms with van der Waals surface area (Å²) in [5, 5.41) is 19.4. The SMILES string of the molecule is C=CCN(Cn1nnc2ccccc21)C(=O)C1N([C@@H](CO)CC(C)C)C(=O)[C@@H]2[C@@H](C(=O)N(CC=C)c3ccc(OCC)cc3)[C@]3(C)OC12CC3C. The molecule has 2 aromatic carbocycles. The molecule has 7 atom stereocenters. The molecule has 4 heterocycles. The summed E-state index contributed by atoms with van der Waals surface area (Å²) in [5.41, 5.74) is -0.268. The number of fused-ring (bicyclic) bond motifs is 2. The third-order valence-electron chi connectivity index (χ3n) is 11.0. The van der Waals surface area contributed by atoms with E-state index in [1.165, 1.54) is 0 Å². The van der Waals surface area contributed by atoms with E-state index >= 15 is 9.59 Å². The van der Waals surface area contributed by atoms with Crippen LogP contribution in [0.15, 0.2) is 73.8 Å². The number of carbonyl (C=O) groups excluding carboxylic acids is 3. The Hall–Kier alpha value is -4.55. The minimum absolute atomic E-state index is 0.0542. The van der Waals surface area contributed by atoms with E-state index < -0.39 is 35.1 Å². The van der Waals surface area contributed by atoms with Crippen molar-refractivity contribution in [2.75, 3.05) is 31.2 Å². The molecule has 12 heteroatoms. The van der Waals surface area contributed by atoms with E-state index in [-0.39, 0.29) is 55.9 Å². The van der Waals surface area contributed by atoms with E-state index in [1.807, 2.05) is 83.1 Å². The molecule has 51 heavy (non-hydrogen) atoms. The van der Waals surface area contributed by atoms with Crippen molar-refractivity contribution >= 4 is 34.4 Å². The first-order chi connectivity index (χ1) is 24.4. The summed E-state index contributed by atoms with van der Waals surface area (Å²) in [7, 11) is 0. The maximum absolute atomic E-state index is 15.2. The zero-order valence-electron chi connectivity index (χ0n) is 30.3. The molecule has 1 spiro atoms. The standard InChI is InChI=1S/C39H50N6O6/c1-8-19-42(24-44-31-14-12-11-13-30(31)40-41-44)37(49)34-39-22-26(6)38(7,51-39)32(33(39)36(48)45(34)28(23-46)21-25(4)5)35(47)43(20-9-2)27-15-17-29(18-16-27)50-10-3/h8-9,11-18,25-26,28,32-34,46H,1-2,10,19-24H2,3-7H3/t26?,28-,32+,33+,34?,38-,39?/m1/s1. The zero-order valence-corrected chi connectivity index (χ0v) is 30.3. The molecule has 1 aromatic heterocycles. The molecule has 0 saturated carbocycles. The second kappa shape index (κ2) is 14.2. The number of anilines is 1. The van der Waals surface area contributed by atoms with Gasteiger partial charge in [0.25, 0.3) is 0 Å². The van der Waals surface area contributed by atoms with Gasteiger partial charge < -0.3 is 29.3 Å². The minimum Gasteiger partial charge on any atom is -0.494 e. The van der Waals surface area contributed by atoms with Gasteiger partial charge in [-0.25, -0.2) is 4.68 Å². The van der Waals surface area contributed by atoms with Crippen molar-refractivity contribution in [2.24, 2.45) is 23.7 Å². The summed E-state index contributed by atoms with van der Waals surface area (Å²) in [4.78, 5) is 50.0. The monoisotopic (exact) mass is 698 g/mol. The van der Waals surface area contributed by atoms with Gasteiger partial charge >= 0.3 is 0 Å². The highest BCUT2D eigenvalue weighted by Crippen LogP contribution is 2.66. The molecule has 3 amide bonds. The molecule has 3 aromatic rings. The van der Waals surface area contributed by atoms with Crippen LogP contribution < -0.4 is 9.64 Å². The molecule has 3 aliphatic heterocycles. The van der Waals surface area contributed by atoms with E-state index in [0.29, 0.717) is 36.4 Å². The maximum Gasteiger partial charge on any atom is 0.250 e. The van der Waals surface area contributed by atoms with Crippen molar-refractivity contribution in [1.82, 2.24) is 24.8 Å². The smallest absolute Gasteiger partial charge is 0.250 e. The van der Waals surface area contributed by atoms with Gasteiger partial charge in [-0.2, -0.15) is 0 Å². The molecule has 2 bridgehead atoms. The van der Waals surface area contributed by atoms with Crippen LogP contribution in [0, 0.1) is 23.7 Å². The van der Waals surface area contributed by atoms with Gasteiger partial charge in [0.15, 0.2) is 0 Å². The predicted molar refractivity (Wildman–Crippen MR) is 194 cm³/mol.